The normalized spacial score (nSPS) is 11.5. The highest BCUT2D eigenvalue weighted by Crippen LogP contribution is 2.34. The Bertz CT molecular complexity index is 1400. The van der Waals surface area contributed by atoms with E-state index in [1.54, 1.807) is 74.7 Å². The molecule has 0 N–H and O–H groups in total. The summed E-state index contributed by atoms with van der Waals surface area (Å²) in [7, 11) is 2.01. The number of methoxy groups -OCH3 is 2. The van der Waals surface area contributed by atoms with Crippen molar-refractivity contribution < 1.29 is 27.5 Å². The zero-order chi connectivity index (χ0) is 27.2. The van der Waals surface area contributed by atoms with Crippen molar-refractivity contribution in [3.05, 3.63) is 88.9 Å². The number of aldehydes is 1. The number of likely N-dealkylation sites (N-methyl/N-ethyl adjacent to an activating group) is 1. The van der Waals surface area contributed by atoms with E-state index in [0.717, 1.165) is 0 Å². The SMILES string of the molecule is COC(=O)c1cc(C=C(C=O)N(C)C)cc(C)c1N(Cc1cccnc1)S(=O)(=O)c1ccc(OC)cc1. The Labute approximate surface area is 217 Å². The summed E-state index contributed by atoms with van der Waals surface area (Å²) in [6.45, 7) is 1.62. The van der Waals surface area contributed by atoms with Crippen LogP contribution in [0.3, 0.4) is 0 Å². The van der Waals surface area contributed by atoms with Crippen LogP contribution in [0.1, 0.15) is 27.0 Å². The molecule has 0 amide bonds. The molecule has 3 aromatic rings. The summed E-state index contributed by atoms with van der Waals surface area (Å²) in [5, 5.41) is 0. The van der Waals surface area contributed by atoms with Crippen LogP contribution in [-0.4, -0.2) is 58.9 Å². The van der Waals surface area contributed by atoms with Gasteiger partial charge in [-0.2, -0.15) is 0 Å². The number of allylic oxidation sites excluding steroid dienone is 1. The van der Waals surface area contributed by atoms with Gasteiger partial charge < -0.3 is 14.4 Å². The summed E-state index contributed by atoms with van der Waals surface area (Å²) in [6, 6.07) is 12.7. The number of esters is 1. The Morgan fingerprint density at radius 3 is 2.32 bits per heavy atom. The van der Waals surface area contributed by atoms with E-state index in [2.05, 4.69) is 4.98 Å². The summed E-state index contributed by atoms with van der Waals surface area (Å²) >= 11 is 0. The van der Waals surface area contributed by atoms with Crippen LogP contribution >= 0.6 is 0 Å². The number of carbonyl (C=O) groups is 2. The quantitative estimate of drug-likeness (QED) is 0.225. The van der Waals surface area contributed by atoms with Crippen LogP contribution in [0.25, 0.3) is 6.08 Å². The third-order valence-corrected chi connectivity index (χ3v) is 7.39. The van der Waals surface area contributed by atoms with Crippen molar-refractivity contribution in [1.29, 1.82) is 0 Å². The molecule has 0 aliphatic carbocycles. The third kappa shape index (κ3) is 6.15. The Morgan fingerprint density at radius 2 is 1.78 bits per heavy atom. The summed E-state index contributed by atoms with van der Waals surface area (Å²) in [5.74, 6) is -0.209. The Morgan fingerprint density at radius 1 is 1.08 bits per heavy atom. The first-order valence-corrected chi connectivity index (χ1v) is 12.7. The zero-order valence-corrected chi connectivity index (χ0v) is 22.2. The van der Waals surface area contributed by atoms with Crippen molar-refractivity contribution in [3.63, 3.8) is 0 Å². The minimum atomic E-state index is -4.16. The van der Waals surface area contributed by atoms with Crippen LogP contribution in [0.15, 0.2) is 71.5 Å². The maximum atomic E-state index is 14.0. The molecule has 1 aromatic heterocycles. The summed E-state index contributed by atoms with van der Waals surface area (Å²) in [4.78, 5) is 30.2. The van der Waals surface area contributed by atoms with Crippen molar-refractivity contribution >= 4 is 34.0 Å². The maximum absolute atomic E-state index is 14.0. The van der Waals surface area contributed by atoms with E-state index < -0.39 is 16.0 Å². The molecule has 0 aliphatic heterocycles. The van der Waals surface area contributed by atoms with Gasteiger partial charge >= 0.3 is 5.97 Å². The van der Waals surface area contributed by atoms with Crippen LogP contribution in [0.4, 0.5) is 5.69 Å². The first kappa shape index (κ1) is 27.4. The average Bonchev–Trinajstić information content (AvgIpc) is 2.90. The smallest absolute Gasteiger partial charge is 0.340 e. The lowest BCUT2D eigenvalue weighted by Crippen LogP contribution is -2.33. The fraction of sp³-hybridized carbons (Fsp3) is 0.222. The van der Waals surface area contributed by atoms with Crippen molar-refractivity contribution in [1.82, 2.24) is 9.88 Å². The van der Waals surface area contributed by atoms with E-state index in [0.29, 0.717) is 34.4 Å². The van der Waals surface area contributed by atoms with Gasteiger partial charge in [-0.25, -0.2) is 13.2 Å². The molecule has 194 valence electrons. The Hall–Kier alpha value is -4.18. The fourth-order valence-corrected chi connectivity index (χ4v) is 5.28. The number of anilines is 1. The van der Waals surface area contributed by atoms with E-state index in [1.807, 2.05) is 0 Å². The molecule has 10 heteroatoms. The third-order valence-electron chi connectivity index (χ3n) is 5.63. The number of rotatable bonds is 10. The van der Waals surface area contributed by atoms with Crippen LogP contribution in [0, 0.1) is 6.92 Å². The molecule has 0 unspecified atom stereocenters. The Balaban J connectivity index is 2.28. The highest BCUT2D eigenvalue weighted by atomic mass is 32.2. The van der Waals surface area contributed by atoms with Gasteiger partial charge in [0.25, 0.3) is 10.0 Å². The number of benzene rings is 2. The predicted octanol–water partition coefficient (Wildman–Crippen LogP) is 3.68. The van der Waals surface area contributed by atoms with Crippen molar-refractivity contribution in [2.24, 2.45) is 0 Å². The number of ether oxygens (including phenoxy) is 2. The molecule has 9 nitrogen and oxygen atoms in total. The zero-order valence-electron chi connectivity index (χ0n) is 21.3. The molecular formula is C27H29N3O6S. The van der Waals surface area contributed by atoms with Crippen LogP contribution in [0.5, 0.6) is 5.75 Å². The molecule has 0 saturated carbocycles. The van der Waals surface area contributed by atoms with Gasteiger partial charge in [0.05, 0.1) is 42.6 Å². The van der Waals surface area contributed by atoms with Crippen LogP contribution in [-0.2, 0) is 26.1 Å². The number of hydrogen-bond acceptors (Lipinski definition) is 8. The van der Waals surface area contributed by atoms with Gasteiger partial charge in [-0.05, 0) is 72.2 Å². The monoisotopic (exact) mass is 523 g/mol. The van der Waals surface area contributed by atoms with Gasteiger partial charge in [-0.1, -0.05) is 6.07 Å². The molecule has 3 rings (SSSR count). The molecule has 0 bridgehead atoms. The van der Waals surface area contributed by atoms with Gasteiger partial charge in [-0.15, -0.1) is 0 Å². The van der Waals surface area contributed by atoms with Crippen molar-refractivity contribution in [3.8, 4) is 5.75 Å². The molecule has 0 fully saturated rings. The van der Waals surface area contributed by atoms with Crippen LogP contribution < -0.4 is 9.04 Å². The van der Waals surface area contributed by atoms with Gasteiger partial charge in [0.2, 0.25) is 0 Å². The number of carbonyl (C=O) groups excluding carboxylic acids is 2. The number of pyridine rings is 1. The average molecular weight is 524 g/mol. The first-order chi connectivity index (χ1) is 17.6. The first-order valence-electron chi connectivity index (χ1n) is 11.2. The molecule has 1 heterocycles. The molecule has 2 aromatic carbocycles. The number of aryl methyl sites for hydroxylation is 1. The van der Waals surface area contributed by atoms with Gasteiger partial charge in [0.1, 0.15) is 5.75 Å². The molecule has 0 saturated heterocycles. The van der Waals surface area contributed by atoms with Crippen molar-refractivity contribution in [2.75, 3.05) is 32.6 Å². The molecule has 37 heavy (non-hydrogen) atoms. The summed E-state index contributed by atoms with van der Waals surface area (Å²) in [6.07, 6.45) is 5.46. The lowest BCUT2D eigenvalue weighted by molar-refractivity contribution is -0.105. The minimum Gasteiger partial charge on any atom is -0.497 e. The largest absolute Gasteiger partial charge is 0.497 e. The van der Waals surface area contributed by atoms with E-state index in [4.69, 9.17) is 9.47 Å². The Kier molecular flexibility index (Phi) is 8.67. The second kappa shape index (κ2) is 11.7. The van der Waals surface area contributed by atoms with Crippen LogP contribution in [0.2, 0.25) is 0 Å². The van der Waals surface area contributed by atoms with E-state index in [-0.39, 0.29) is 22.7 Å². The molecular weight excluding hydrogens is 494 g/mol. The molecule has 0 aliphatic rings. The lowest BCUT2D eigenvalue weighted by atomic mass is 10.0. The number of aromatic nitrogens is 1. The van der Waals surface area contributed by atoms with Crippen molar-refractivity contribution in [2.45, 2.75) is 18.4 Å². The predicted molar refractivity (Wildman–Crippen MR) is 141 cm³/mol. The molecule has 0 atom stereocenters. The maximum Gasteiger partial charge on any atom is 0.340 e. The van der Waals surface area contributed by atoms with E-state index in [9.17, 15) is 18.0 Å². The highest BCUT2D eigenvalue weighted by Gasteiger charge is 2.31. The fourth-order valence-electron chi connectivity index (χ4n) is 3.74. The minimum absolute atomic E-state index is 0.0206. The lowest BCUT2D eigenvalue weighted by Gasteiger charge is -2.28. The topological polar surface area (TPSA) is 106 Å². The van der Waals surface area contributed by atoms with E-state index in [1.165, 1.54) is 36.7 Å². The number of sulfonamides is 1. The second-order valence-electron chi connectivity index (χ2n) is 8.36. The second-order valence-corrected chi connectivity index (χ2v) is 10.2. The van der Waals surface area contributed by atoms with Gasteiger partial charge in [0, 0.05) is 26.5 Å². The number of nitrogens with zero attached hydrogens (tertiary/aromatic N) is 3. The van der Waals surface area contributed by atoms with Gasteiger partial charge in [0.15, 0.2) is 6.29 Å². The molecule has 0 spiro atoms. The van der Waals surface area contributed by atoms with E-state index >= 15 is 0 Å². The number of hydrogen-bond donors (Lipinski definition) is 0. The molecule has 0 radical (unpaired) electrons. The standard InChI is InChI=1S/C27H29N3O6S/c1-19-13-21(14-22(18-31)29(2)3)15-25(27(32)36-5)26(19)30(17-20-7-6-12-28-16-20)37(33,34)24-10-8-23(35-4)9-11-24/h6-16,18H,17H2,1-5H3. The summed E-state index contributed by atoms with van der Waals surface area (Å²) < 4.78 is 39.4. The van der Waals surface area contributed by atoms with Gasteiger partial charge in [-0.3, -0.25) is 14.1 Å². The summed E-state index contributed by atoms with van der Waals surface area (Å²) in [5.41, 5.74) is 2.25. The highest BCUT2D eigenvalue weighted by molar-refractivity contribution is 7.92.